The Labute approximate surface area is 134 Å². The lowest BCUT2D eigenvalue weighted by atomic mass is 10.2. The summed E-state index contributed by atoms with van der Waals surface area (Å²) in [4.78, 5) is 17.8. The highest BCUT2D eigenvalue weighted by molar-refractivity contribution is 5.77. The van der Waals surface area contributed by atoms with Crippen LogP contribution in [0, 0.1) is 0 Å². The minimum absolute atomic E-state index is 0.659. The first-order chi connectivity index (χ1) is 11.3. The molecule has 5 nitrogen and oxygen atoms in total. The molecule has 0 aliphatic heterocycles. The number of para-hydroxylation sites is 2. The van der Waals surface area contributed by atoms with Crippen LogP contribution in [0.5, 0.6) is 0 Å². The second-order valence-corrected chi connectivity index (χ2v) is 5.54. The average Bonchev–Trinajstić information content (AvgIpc) is 3.22. The van der Waals surface area contributed by atoms with Crippen LogP contribution in [0.4, 0.5) is 5.95 Å². The summed E-state index contributed by atoms with van der Waals surface area (Å²) < 4.78 is 0. The van der Waals surface area contributed by atoms with Gasteiger partial charge in [0.15, 0.2) is 0 Å². The maximum Gasteiger partial charge on any atom is 0.203 e. The Hall–Kier alpha value is -3.08. The lowest BCUT2D eigenvalue weighted by Gasteiger charge is -2.13. The zero-order valence-corrected chi connectivity index (χ0v) is 12.8. The molecule has 2 N–H and O–H groups in total. The van der Waals surface area contributed by atoms with Crippen LogP contribution in [-0.4, -0.2) is 27.0 Å². The van der Waals surface area contributed by atoms with Crippen molar-refractivity contribution in [3.63, 3.8) is 0 Å². The molecule has 0 bridgehead atoms. The van der Waals surface area contributed by atoms with Crippen molar-refractivity contribution in [3.05, 3.63) is 66.6 Å². The normalized spacial score (nSPS) is 11.0. The van der Waals surface area contributed by atoms with Crippen LogP contribution < -0.4 is 4.90 Å². The topological polar surface area (TPSA) is 60.6 Å². The van der Waals surface area contributed by atoms with Gasteiger partial charge in [-0.3, -0.25) is 0 Å². The molecule has 4 rings (SSSR count). The fraction of sp³-hybridized carbons (Fsp3) is 0.111. The van der Waals surface area contributed by atoms with Crippen molar-refractivity contribution < 1.29 is 0 Å². The van der Waals surface area contributed by atoms with Crippen molar-refractivity contribution in [2.24, 2.45) is 0 Å². The average molecular weight is 303 g/mol. The van der Waals surface area contributed by atoms with E-state index in [0.29, 0.717) is 6.54 Å². The van der Waals surface area contributed by atoms with E-state index in [-0.39, 0.29) is 0 Å². The Morgan fingerprint density at radius 3 is 2.57 bits per heavy atom. The third-order valence-electron chi connectivity index (χ3n) is 3.84. The number of aromatic amines is 2. The molecular formula is C18H17N5. The minimum atomic E-state index is 0.659. The number of anilines is 1. The molecule has 0 spiro atoms. The van der Waals surface area contributed by atoms with Gasteiger partial charge in [-0.05, 0) is 17.7 Å². The maximum atomic E-state index is 4.60. The largest absolute Gasteiger partial charge is 0.341 e. The number of nitrogens with zero attached hydrogens (tertiary/aromatic N) is 3. The van der Waals surface area contributed by atoms with Crippen molar-refractivity contribution in [3.8, 4) is 11.3 Å². The van der Waals surface area contributed by atoms with Crippen molar-refractivity contribution in [1.82, 2.24) is 19.9 Å². The summed E-state index contributed by atoms with van der Waals surface area (Å²) in [5.41, 5.74) is 4.17. The number of nitrogens with one attached hydrogen (secondary N) is 2. The lowest BCUT2D eigenvalue weighted by molar-refractivity contribution is 0.834. The number of rotatable bonds is 4. The Balaban J connectivity index is 1.54. The van der Waals surface area contributed by atoms with Gasteiger partial charge < -0.3 is 14.9 Å². The Bertz CT molecular complexity index is 890. The molecule has 4 aromatic rings. The quantitative estimate of drug-likeness (QED) is 0.605. The second-order valence-electron chi connectivity index (χ2n) is 5.54. The number of aromatic nitrogens is 4. The van der Waals surface area contributed by atoms with Crippen LogP contribution in [-0.2, 0) is 6.54 Å². The van der Waals surface area contributed by atoms with Gasteiger partial charge in [0.25, 0.3) is 0 Å². The number of imidazole rings is 2. The van der Waals surface area contributed by atoms with Crippen LogP contribution in [0.2, 0.25) is 0 Å². The lowest BCUT2D eigenvalue weighted by Crippen LogP contribution is -2.18. The molecule has 0 atom stereocenters. The first kappa shape index (κ1) is 13.6. The molecule has 2 heterocycles. The van der Waals surface area contributed by atoms with Gasteiger partial charge in [0.1, 0.15) is 5.82 Å². The predicted molar refractivity (Wildman–Crippen MR) is 92.2 cm³/mol. The van der Waals surface area contributed by atoms with Crippen LogP contribution in [0.3, 0.4) is 0 Å². The molecule has 0 unspecified atom stereocenters. The summed E-state index contributed by atoms with van der Waals surface area (Å²) in [5.74, 6) is 1.75. The minimum Gasteiger partial charge on any atom is -0.341 e. The first-order valence-corrected chi connectivity index (χ1v) is 7.55. The van der Waals surface area contributed by atoms with E-state index >= 15 is 0 Å². The maximum absolute atomic E-state index is 4.60. The van der Waals surface area contributed by atoms with Gasteiger partial charge in [0, 0.05) is 7.05 Å². The van der Waals surface area contributed by atoms with Crippen LogP contribution in [0.1, 0.15) is 5.82 Å². The monoisotopic (exact) mass is 303 g/mol. The van der Waals surface area contributed by atoms with E-state index < -0.39 is 0 Å². The predicted octanol–water partition coefficient (Wildman–Crippen LogP) is 3.59. The summed E-state index contributed by atoms with van der Waals surface area (Å²) in [7, 11) is 2.00. The number of hydrogen-bond donors (Lipinski definition) is 2. The molecule has 0 saturated heterocycles. The van der Waals surface area contributed by atoms with Gasteiger partial charge in [-0.25, -0.2) is 9.97 Å². The van der Waals surface area contributed by atoms with E-state index in [9.17, 15) is 0 Å². The number of benzene rings is 2. The van der Waals surface area contributed by atoms with Crippen molar-refractivity contribution in [2.75, 3.05) is 11.9 Å². The first-order valence-electron chi connectivity index (χ1n) is 7.55. The highest BCUT2D eigenvalue weighted by Gasteiger charge is 2.10. The fourth-order valence-corrected chi connectivity index (χ4v) is 2.63. The van der Waals surface area contributed by atoms with Gasteiger partial charge in [-0.15, -0.1) is 0 Å². The van der Waals surface area contributed by atoms with E-state index in [4.69, 9.17) is 0 Å². The summed E-state index contributed by atoms with van der Waals surface area (Å²) in [6.07, 6.45) is 1.87. The Kier molecular flexibility index (Phi) is 3.31. The number of fused-ring (bicyclic) bond motifs is 1. The standard InChI is InChI=1S/C18H17N5/c1-23(18-21-14-9-5-6-10-15(14)22-18)12-17-19-11-16(20-17)13-7-3-2-4-8-13/h2-11H,12H2,1H3,(H,19,20)(H,21,22). The van der Waals surface area contributed by atoms with Crippen molar-refractivity contribution >= 4 is 17.0 Å². The number of H-pyrrole nitrogens is 2. The van der Waals surface area contributed by atoms with E-state index in [1.807, 2.05) is 60.6 Å². The summed E-state index contributed by atoms with van der Waals surface area (Å²) in [6, 6.07) is 18.2. The molecule has 2 aromatic carbocycles. The van der Waals surface area contributed by atoms with E-state index in [1.54, 1.807) is 0 Å². The molecule has 0 radical (unpaired) electrons. The van der Waals surface area contributed by atoms with Gasteiger partial charge in [0.05, 0.1) is 29.5 Å². The molecule has 0 aliphatic carbocycles. The number of hydrogen-bond acceptors (Lipinski definition) is 3. The zero-order valence-electron chi connectivity index (χ0n) is 12.8. The Morgan fingerprint density at radius 1 is 0.957 bits per heavy atom. The highest BCUT2D eigenvalue weighted by Crippen LogP contribution is 2.19. The fourth-order valence-electron chi connectivity index (χ4n) is 2.63. The molecular weight excluding hydrogens is 286 g/mol. The van der Waals surface area contributed by atoms with E-state index in [2.05, 4.69) is 32.1 Å². The molecule has 5 heteroatoms. The smallest absolute Gasteiger partial charge is 0.203 e. The Morgan fingerprint density at radius 2 is 1.74 bits per heavy atom. The van der Waals surface area contributed by atoms with Gasteiger partial charge in [-0.2, -0.15) is 0 Å². The molecule has 0 saturated carbocycles. The van der Waals surface area contributed by atoms with Crippen molar-refractivity contribution in [1.29, 1.82) is 0 Å². The SMILES string of the molecule is CN(Cc1ncc(-c2ccccc2)[nH]1)c1nc2ccccc2[nH]1. The summed E-state index contributed by atoms with van der Waals surface area (Å²) in [6.45, 7) is 0.659. The molecule has 0 fully saturated rings. The molecule has 0 amide bonds. The van der Waals surface area contributed by atoms with E-state index in [0.717, 1.165) is 34.1 Å². The molecule has 23 heavy (non-hydrogen) atoms. The van der Waals surface area contributed by atoms with Crippen LogP contribution >= 0.6 is 0 Å². The molecule has 114 valence electrons. The van der Waals surface area contributed by atoms with Gasteiger partial charge in [-0.1, -0.05) is 42.5 Å². The highest BCUT2D eigenvalue weighted by atomic mass is 15.3. The summed E-state index contributed by atoms with van der Waals surface area (Å²) >= 11 is 0. The van der Waals surface area contributed by atoms with E-state index in [1.165, 1.54) is 0 Å². The van der Waals surface area contributed by atoms with Crippen molar-refractivity contribution in [2.45, 2.75) is 6.54 Å². The third kappa shape index (κ3) is 2.68. The summed E-state index contributed by atoms with van der Waals surface area (Å²) in [5, 5.41) is 0. The van der Waals surface area contributed by atoms with Crippen LogP contribution in [0.15, 0.2) is 60.8 Å². The van der Waals surface area contributed by atoms with Gasteiger partial charge in [0.2, 0.25) is 5.95 Å². The second kappa shape index (κ2) is 5.61. The van der Waals surface area contributed by atoms with Crippen LogP contribution in [0.25, 0.3) is 22.3 Å². The molecule has 2 aromatic heterocycles. The third-order valence-corrected chi connectivity index (χ3v) is 3.84. The van der Waals surface area contributed by atoms with Gasteiger partial charge >= 0.3 is 0 Å². The zero-order chi connectivity index (χ0) is 15.6. The molecule has 0 aliphatic rings.